The topological polar surface area (TPSA) is 39.1 Å². The summed E-state index contributed by atoms with van der Waals surface area (Å²) in [6.07, 6.45) is 7.81. The highest BCUT2D eigenvalue weighted by Gasteiger charge is 2.18. The molecule has 0 spiro atoms. The first-order valence-electron chi connectivity index (χ1n) is 9.97. The Labute approximate surface area is 161 Å². The Morgan fingerprint density at radius 3 is 2.59 bits per heavy atom. The van der Waals surface area contributed by atoms with Gasteiger partial charge in [0.1, 0.15) is 11.5 Å². The summed E-state index contributed by atoms with van der Waals surface area (Å²) in [7, 11) is 0. The number of hydrogen-bond donors (Lipinski definition) is 1. The standard InChI is InChI=1S/C23H27N3O/c1-2-8-21(25-22-17-24-26-16-7-6-11-23(22)26)18-12-14-20(15-13-18)27-19-9-4-3-5-10-19/h3-5,9-10,12-15,17,21,25H,2,6-8,11,16H2,1H3. The van der Waals surface area contributed by atoms with Crippen LogP contribution in [0.1, 0.15) is 49.9 Å². The molecule has 1 atom stereocenters. The van der Waals surface area contributed by atoms with Gasteiger partial charge in [-0.2, -0.15) is 5.10 Å². The molecule has 0 fully saturated rings. The van der Waals surface area contributed by atoms with Gasteiger partial charge >= 0.3 is 0 Å². The lowest BCUT2D eigenvalue weighted by Gasteiger charge is -2.22. The van der Waals surface area contributed by atoms with E-state index < -0.39 is 0 Å². The zero-order valence-electron chi connectivity index (χ0n) is 15.9. The molecule has 4 heteroatoms. The summed E-state index contributed by atoms with van der Waals surface area (Å²) in [5, 5.41) is 8.31. The first-order valence-corrected chi connectivity index (χ1v) is 9.97. The van der Waals surface area contributed by atoms with Gasteiger partial charge in [-0.25, -0.2) is 0 Å². The molecule has 1 N–H and O–H groups in total. The molecular formula is C23H27N3O. The monoisotopic (exact) mass is 361 g/mol. The maximum Gasteiger partial charge on any atom is 0.127 e. The number of hydrogen-bond acceptors (Lipinski definition) is 3. The highest BCUT2D eigenvalue weighted by atomic mass is 16.5. The van der Waals surface area contributed by atoms with Crippen molar-refractivity contribution in [2.45, 2.75) is 51.6 Å². The van der Waals surface area contributed by atoms with E-state index in [0.29, 0.717) is 0 Å². The molecule has 1 aliphatic rings. The van der Waals surface area contributed by atoms with Crippen molar-refractivity contribution in [1.82, 2.24) is 9.78 Å². The highest BCUT2D eigenvalue weighted by Crippen LogP contribution is 2.30. The molecular weight excluding hydrogens is 334 g/mol. The van der Waals surface area contributed by atoms with Crippen molar-refractivity contribution in [3.05, 3.63) is 72.1 Å². The quantitative estimate of drug-likeness (QED) is 0.564. The number of anilines is 1. The number of aryl methyl sites for hydroxylation is 1. The minimum absolute atomic E-state index is 0.289. The van der Waals surface area contributed by atoms with Gasteiger partial charge in [0, 0.05) is 6.54 Å². The lowest BCUT2D eigenvalue weighted by molar-refractivity contribution is 0.482. The van der Waals surface area contributed by atoms with Crippen LogP contribution in [0.3, 0.4) is 0 Å². The number of benzene rings is 2. The first kappa shape index (κ1) is 17.7. The van der Waals surface area contributed by atoms with Crippen LogP contribution in [0.15, 0.2) is 60.8 Å². The number of nitrogens with zero attached hydrogens (tertiary/aromatic N) is 2. The Hall–Kier alpha value is -2.75. The summed E-state index contributed by atoms with van der Waals surface area (Å²) in [5.41, 5.74) is 3.83. The van der Waals surface area contributed by atoms with E-state index in [9.17, 15) is 0 Å². The molecule has 2 heterocycles. The van der Waals surface area contributed by atoms with E-state index in [1.807, 2.05) is 36.5 Å². The molecule has 0 bridgehead atoms. The number of ether oxygens (including phenoxy) is 1. The Morgan fingerprint density at radius 1 is 1.04 bits per heavy atom. The number of rotatable bonds is 7. The van der Waals surface area contributed by atoms with Crippen LogP contribution in [0.5, 0.6) is 11.5 Å². The molecule has 27 heavy (non-hydrogen) atoms. The van der Waals surface area contributed by atoms with Gasteiger partial charge in [-0.15, -0.1) is 0 Å². The summed E-state index contributed by atoms with van der Waals surface area (Å²) in [4.78, 5) is 0. The fourth-order valence-electron chi connectivity index (χ4n) is 3.73. The highest BCUT2D eigenvalue weighted by molar-refractivity contribution is 5.49. The third kappa shape index (κ3) is 4.16. The SMILES string of the molecule is CCCC(Nc1cnn2c1CCCC2)c1ccc(Oc2ccccc2)cc1. The fraction of sp³-hybridized carbons (Fsp3) is 0.348. The Kier molecular flexibility index (Phi) is 5.42. The molecule has 4 rings (SSSR count). The van der Waals surface area contributed by atoms with Crippen molar-refractivity contribution in [1.29, 1.82) is 0 Å². The summed E-state index contributed by atoms with van der Waals surface area (Å²) in [6, 6.07) is 18.6. The largest absolute Gasteiger partial charge is 0.457 e. The maximum atomic E-state index is 5.92. The maximum absolute atomic E-state index is 5.92. The molecule has 0 aliphatic carbocycles. The number of fused-ring (bicyclic) bond motifs is 1. The van der Waals surface area contributed by atoms with Crippen molar-refractivity contribution in [3.8, 4) is 11.5 Å². The molecule has 4 nitrogen and oxygen atoms in total. The lowest BCUT2D eigenvalue weighted by atomic mass is 10.0. The summed E-state index contributed by atoms with van der Waals surface area (Å²) in [5.74, 6) is 1.73. The molecule has 0 saturated carbocycles. The Bertz CT molecular complexity index is 855. The number of aromatic nitrogens is 2. The molecule has 140 valence electrons. The number of nitrogens with one attached hydrogen (secondary N) is 1. The molecule has 1 aromatic heterocycles. The number of para-hydroxylation sites is 1. The average Bonchev–Trinajstić information content (AvgIpc) is 3.12. The molecule has 0 radical (unpaired) electrons. The summed E-state index contributed by atoms with van der Waals surface area (Å²) >= 11 is 0. The summed E-state index contributed by atoms with van der Waals surface area (Å²) < 4.78 is 8.08. The normalized spacial score (nSPS) is 14.4. The van der Waals surface area contributed by atoms with Crippen LogP contribution in [0.2, 0.25) is 0 Å². The van der Waals surface area contributed by atoms with Crippen LogP contribution in [0.25, 0.3) is 0 Å². The predicted octanol–water partition coefficient (Wildman–Crippen LogP) is 5.97. The minimum atomic E-state index is 0.289. The van der Waals surface area contributed by atoms with Crippen molar-refractivity contribution in [3.63, 3.8) is 0 Å². The third-order valence-electron chi connectivity index (χ3n) is 5.15. The zero-order chi connectivity index (χ0) is 18.5. The molecule has 1 unspecified atom stereocenters. The van der Waals surface area contributed by atoms with Crippen LogP contribution in [-0.2, 0) is 13.0 Å². The van der Waals surface area contributed by atoms with Crippen LogP contribution in [0, 0.1) is 0 Å². The van der Waals surface area contributed by atoms with E-state index in [1.165, 1.54) is 29.8 Å². The van der Waals surface area contributed by atoms with Crippen LogP contribution in [0.4, 0.5) is 5.69 Å². The predicted molar refractivity (Wildman–Crippen MR) is 109 cm³/mol. The molecule has 0 amide bonds. The van der Waals surface area contributed by atoms with Gasteiger partial charge in [0.2, 0.25) is 0 Å². The van der Waals surface area contributed by atoms with E-state index in [2.05, 4.69) is 46.3 Å². The van der Waals surface area contributed by atoms with Crippen LogP contribution < -0.4 is 10.1 Å². The van der Waals surface area contributed by atoms with Gasteiger partial charge in [-0.3, -0.25) is 4.68 Å². The second-order valence-corrected chi connectivity index (χ2v) is 7.15. The second-order valence-electron chi connectivity index (χ2n) is 7.15. The average molecular weight is 361 g/mol. The van der Waals surface area contributed by atoms with Gasteiger partial charge < -0.3 is 10.1 Å². The van der Waals surface area contributed by atoms with Gasteiger partial charge in [0.15, 0.2) is 0 Å². The van der Waals surface area contributed by atoms with Gasteiger partial charge in [-0.1, -0.05) is 43.7 Å². The van der Waals surface area contributed by atoms with Crippen molar-refractivity contribution in [2.75, 3.05) is 5.32 Å². The minimum Gasteiger partial charge on any atom is -0.457 e. The Balaban J connectivity index is 1.49. The Morgan fingerprint density at radius 2 is 1.81 bits per heavy atom. The van der Waals surface area contributed by atoms with Crippen LogP contribution in [-0.4, -0.2) is 9.78 Å². The molecule has 1 aliphatic heterocycles. The van der Waals surface area contributed by atoms with E-state index in [-0.39, 0.29) is 6.04 Å². The van der Waals surface area contributed by atoms with E-state index in [0.717, 1.165) is 37.3 Å². The van der Waals surface area contributed by atoms with Gasteiger partial charge in [0.05, 0.1) is 23.6 Å². The molecule has 0 saturated heterocycles. The second kappa shape index (κ2) is 8.30. The molecule has 3 aromatic rings. The van der Waals surface area contributed by atoms with E-state index in [4.69, 9.17) is 4.74 Å². The molecule has 2 aromatic carbocycles. The smallest absolute Gasteiger partial charge is 0.127 e. The van der Waals surface area contributed by atoms with Crippen molar-refractivity contribution >= 4 is 5.69 Å². The van der Waals surface area contributed by atoms with E-state index in [1.54, 1.807) is 0 Å². The van der Waals surface area contributed by atoms with E-state index >= 15 is 0 Å². The first-order chi connectivity index (χ1) is 13.3. The zero-order valence-corrected chi connectivity index (χ0v) is 15.9. The van der Waals surface area contributed by atoms with Crippen LogP contribution >= 0.6 is 0 Å². The van der Waals surface area contributed by atoms with Crippen molar-refractivity contribution < 1.29 is 4.74 Å². The summed E-state index contributed by atoms with van der Waals surface area (Å²) in [6.45, 7) is 3.27. The lowest BCUT2D eigenvalue weighted by Crippen LogP contribution is -2.15. The van der Waals surface area contributed by atoms with Crippen molar-refractivity contribution in [2.24, 2.45) is 0 Å². The third-order valence-corrected chi connectivity index (χ3v) is 5.15. The van der Waals surface area contributed by atoms with Gasteiger partial charge in [0.25, 0.3) is 0 Å². The van der Waals surface area contributed by atoms with Gasteiger partial charge in [-0.05, 0) is 55.5 Å². The fourth-order valence-corrected chi connectivity index (χ4v) is 3.73.